The third kappa shape index (κ3) is 4.64. The maximum Gasteiger partial charge on any atom is 0.118 e. The van der Waals surface area contributed by atoms with Crippen LogP contribution in [0.5, 0.6) is 0 Å². The molecule has 1 atom stereocenters. The highest BCUT2D eigenvalue weighted by Crippen LogP contribution is 2.17. The molecule has 2 rings (SSSR count). The Kier molecular flexibility index (Phi) is 5.89. The number of hydrogen-bond acceptors (Lipinski definition) is 4. The molecule has 1 N–H and O–H groups in total. The van der Waals surface area contributed by atoms with Crippen molar-refractivity contribution >= 4 is 0 Å². The van der Waals surface area contributed by atoms with Crippen LogP contribution in [0.3, 0.4) is 0 Å². The first kappa shape index (κ1) is 14.6. The number of furan rings is 1. The van der Waals surface area contributed by atoms with Crippen LogP contribution in [0.4, 0.5) is 0 Å². The van der Waals surface area contributed by atoms with Crippen LogP contribution in [0.25, 0.3) is 0 Å². The number of piperidine rings is 1. The number of rotatable bonds is 7. The summed E-state index contributed by atoms with van der Waals surface area (Å²) in [7, 11) is 1.80. The molecule has 0 amide bonds. The zero-order valence-electron chi connectivity index (χ0n) is 12.2. The third-order valence-electron chi connectivity index (χ3n) is 3.62. The van der Waals surface area contributed by atoms with E-state index in [9.17, 15) is 0 Å². The molecule has 1 aliphatic heterocycles. The van der Waals surface area contributed by atoms with E-state index in [0.717, 1.165) is 50.7 Å². The second-order valence-electron chi connectivity index (χ2n) is 5.28. The Morgan fingerprint density at radius 2 is 2.26 bits per heavy atom. The molecule has 108 valence electrons. The lowest BCUT2D eigenvalue weighted by atomic mass is 10.1. The van der Waals surface area contributed by atoms with Crippen molar-refractivity contribution in [2.45, 2.75) is 45.4 Å². The second kappa shape index (κ2) is 7.68. The summed E-state index contributed by atoms with van der Waals surface area (Å²) in [5.41, 5.74) is 0. The van der Waals surface area contributed by atoms with Crippen molar-refractivity contribution in [1.82, 2.24) is 10.2 Å². The highest BCUT2D eigenvalue weighted by Gasteiger charge is 2.20. The standard InChI is InChI=1S/C15H26N2O2/c1-3-8-16-10-13-6-7-15(19-13)12-17-9-4-5-14(11-17)18-2/h6-7,14,16H,3-5,8-12H2,1-2H3. The normalized spacial score (nSPS) is 20.8. The van der Waals surface area contributed by atoms with E-state index in [1.54, 1.807) is 7.11 Å². The van der Waals surface area contributed by atoms with Crippen LogP contribution >= 0.6 is 0 Å². The zero-order chi connectivity index (χ0) is 13.5. The topological polar surface area (TPSA) is 37.6 Å². The van der Waals surface area contributed by atoms with Gasteiger partial charge in [0.15, 0.2) is 0 Å². The molecule has 0 bridgehead atoms. The summed E-state index contributed by atoms with van der Waals surface area (Å²) in [6.45, 7) is 7.09. The van der Waals surface area contributed by atoms with Crippen LogP contribution in [0.1, 0.15) is 37.7 Å². The summed E-state index contributed by atoms with van der Waals surface area (Å²) in [5, 5.41) is 3.36. The quantitative estimate of drug-likeness (QED) is 0.769. The molecule has 0 saturated carbocycles. The molecular formula is C15H26N2O2. The molecule has 1 aliphatic rings. The number of methoxy groups -OCH3 is 1. The van der Waals surface area contributed by atoms with E-state index in [2.05, 4.69) is 29.3 Å². The number of ether oxygens (including phenoxy) is 1. The van der Waals surface area contributed by atoms with Gasteiger partial charge in [-0.3, -0.25) is 4.90 Å². The van der Waals surface area contributed by atoms with Gasteiger partial charge in [-0.25, -0.2) is 0 Å². The fraction of sp³-hybridized carbons (Fsp3) is 0.733. The number of likely N-dealkylation sites (tertiary alicyclic amines) is 1. The van der Waals surface area contributed by atoms with E-state index in [0.29, 0.717) is 6.10 Å². The van der Waals surface area contributed by atoms with Crippen molar-refractivity contribution in [3.8, 4) is 0 Å². The summed E-state index contributed by atoms with van der Waals surface area (Å²) < 4.78 is 11.3. The highest BCUT2D eigenvalue weighted by molar-refractivity contribution is 5.07. The van der Waals surface area contributed by atoms with Gasteiger partial charge in [0, 0.05) is 13.7 Å². The van der Waals surface area contributed by atoms with Gasteiger partial charge in [0.2, 0.25) is 0 Å². The fourth-order valence-electron chi connectivity index (χ4n) is 2.56. The van der Waals surface area contributed by atoms with Crippen molar-refractivity contribution in [2.75, 3.05) is 26.7 Å². The number of nitrogens with zero attached hydrogens (tertiary/aromatic N) is 1. The third-order valence-corrected chi connectivity index (χ3v) is 3.62. The Labute approximate surface area is 116 Å². The average Bonchev–Trinajstić information content (AvgIpc) is 2.87. The molecule has 19 heavy (non-hydrogen) atoms. The van der Waals surface area contributed by atoms with Gasteiger partial charge in [0.05, 0.1) is 19.2 Å². The van der Waals surface area contributed by atoms with Crippen molar-refractivity contribution in [2.24, 2.45) is 0 Å². The largest absolute Gasteiger partial charge is 0.463 e. The van der Waals surface area contributed by atoms with Gasteiger partial charge in [-0.15, -0.1) is 0 Å². The van der Waals surface area contributed by atoms with Crippen LogP contribution in [-0.2, 0) is 17.8 Å². The lowest BCUT2D eigenvalue weighted by molar-refractivity contribution is 0.0262. The van der Waals surface area contributed by atoms with Gasteiger partial charge in [0.25, 0.3) is 0 Å². The fourth-order valence-corrected chi connectivity index (χ4v) is 2.56. The van der Waals surface area contributed by atoms with Crippen LogP contribution < -0.4 is 5.32 Å². The first-order chi connectivity index (χ1) is 9.31. The number of hydrogen-bond donors (Lipinski definition) is 1. The second-order valence-corrected chi connectivity index (χ2v) is 5.28. The van der Waals surface area contributed by atoms with Gasteiger partial charge >= 0.3 is 0 Å². The predicted octanol–water partition coefficient (Wildman–Crippen LogP) is 2.39. The summed E-state index contributed by atoms with van der Waals surface area (Å²) in [5.74, 6) is 2.09. The Morgan fingerprint density at radius 3 is 3.05 bits per heavy atom. The maximum atomic E-state index is 5.86. The Balaban J connectivity index is 1.78. The van der Waals surface area contributed by atoms with Crippen LogP contribution in [-0.4, -0.2) is 37.7 Å². The van der Waals surface area contributed by atoms with Crippen molar-refractivity contribution in [3.63, 3.8) is 0 Å². The minimum atomic E-state index is 0.384. The molecule has 0 aliphatic carbocycles. The van der Waals surface area contributed by atoms with Gasteiger partial charge in [0.1, 0.15) is 11.5 Å². The molecule has 4 heteroatoms. The van der Waals surface area contributed by atoms with Gasteiger partial charge in [-0.1, -0.05) is 6.92 Å². The van der Waals surface area contributed by atoms with Gasteiger partial charge in [-0.2, -0.15) is 0 Å². The Bertz CT molecular complexity index is 365. The monoisotopic (exact) mass is 266 g/mol. The van der Waals surface area contributed by atoms with Gasteiger partial charge < -0.3 is 14.5 Å². The summed E-state index contributed by atoms with van der Waals surface area (Å²) in [4.78, 5) is 2.42. The lowest BCUT2D eigenvalue weighted by Gasteiger charge is -2.31. The van der Waals surface area contributed by atoms with E-state index >= 15 is 0 Å². The van der Waals surface area contributed by atoms with E-state index in [4.69, 9.17) is 9.15 Å². The molecule has 1 aromatic rings. The summed E-state index contributed by atoms with van der Waals surface area (Å²) >= 11 is 0. The summed E-state index contributed by atoms with van der Waals surface area (Å²) in [6.07, 6.45) is 3.93. The van der Waals surface area contributed by atoms with Crippen molar-refractivity contribution in [3.05, 3.63) is 23.7 Å². The Morgan fingerprint density at radius 1 is 1.42 bits per heavy atom. The van der Waals surface area contributed by atoms with Crippen LogP contribution in [0.2, 0.25) is 0 Å². The molecule has 0 aromatic carbocycles. The first-order valence-electron chi connectivity index (χ1n) is 7.35. The SMILES string of the molecule is CCCNCc1ccc(CN2CCCC(OC)C2)o1. The minimum Gasteiger partial charge on any atom is -0.463 e. The highest BCUT2D eigenvalue weighted by atomic mass is 16.5. The molecule has 1 saturated heterocycles. The molecule has 1 unspecified atom stereocenters. The van der Waals surface area contributed by atoms with E-state index in [-0.39, 0.29) is 0 Å². The lowest BCUT2D eigenvalue weighted by Crippen LogP contribution is -2.38. The van der Waals surface area contributed by atoms with E-state index in [1.165, 1.54) is 12.8 Å². The molecule has 2 heterocycles. The van der Waals surface area contributed by atoms with Crippen LogP contribution in [0.15, 0.2) is 16.5 Å². The van der Waals surface area contributed by atoms with Gasteiger partial charge in [-0.05, 0) is 44.5 Å². The van der Waals surface area contributed by atoms with E-state index < -0.39 is 0 Å². The minimum absolute atomic E-state index is 0.384. The molecule has 1 fully saturated rings. The maximum absolute atomic E-state index is 5.86. The smallest absolute Gasteiger partial charge is 0.118 e. The van der Waals surface area contributed by atoms with Crippen LogP contribution in [0, 0.1) is 0 Å². The molecule has 0 radical (unpaired) electrons. The first-order valence-corrected chi connectivity index (χ1v) is 7.35. The average molecular weight is 266 g/mol. The molecular weight excluding hydrogens is 240 g/mol. The number of nitrogens with one attached hydrogen (secondary N) is 1. The summed E-state index contributed by atoms with van der Waals surface area (Å²) in [6, 6.07) is 4.18. The van der Waals surface area contributed by atoms with Crippen molar-refractivity contribution in [1.29, 1.82) is 0 Å². The molecule has 4 nitrogen and oxygen atoms in total. The zero-order valence-corrected chi connectivity index (χ0v) is 12.2. The predicted molar refractivity (Wildman–Crippen MR) is 76.0 cm³/mol. The van der Waals surface area contributed by atoms with E-state index in [1.807, 2.05) is 0 Å². The molecule has 0 spiro atoms. The molecule has 1 aromatic heterocycles. The Hall–Kier alpha value is -0.840. The van der Waals surface area contributed by atoms with Crippen molar-refractivity contribution < 1.29 is 9.15 Å².